The van der Waals surface area contributed by atoms with Crippen molar-refractivity contribution in [3.05, 3.63) is 22.2 Å². The van der Waals surface area contributed by atoms with Crippen LogP contribution in [0.2, 0.25) is 0 Å². The molecule has 1 atom stereocenters. The van der Waals surface area contributed by atoms with Crippen LogP contribution in [0.25, 0.3) is 0 Å². The van der Waals surface area contributed by atoms with Gasteiger partial charge in [-0.05, 0) is 31.5 Å². The summed E-state index contributed by atoms with van der Waals surface area (Å²) in [6.07, 6.45) is 0. The molecule has 1 unspecified atom stereocenters. The highest BCUT2D eigenvalue weighted by atomic mass is 79.9. The number of aromatic hydroxyl groups is 2. The lowest BCUT2D eigenvalue weighted by molar-refractivity contribution is -0.144. The monoisotopic (exact) mass is 288 g/mol. The molecule has 0 aliphatic heterocycles. The van der Waals surface area contributed by atoms with E-state index in [2.05, 4.69) is 15.9 Å². The van der Waals surface area contributed by atoms with Gasteiger partial charge in [0.1, 0.15) is 0 Å². The number of phenols is 2. The average molecular weight is 289 g/mol. The summed E-state index contributed by atoms with van der Waals surface area (Å²) in [4.78, 5) is 11.5. The standard InChI is InChI=1S/C11H13BrO4/c1-3-16-11(15)6(2)7-4-9(13)10(14)5-8(7)12/h4-6,13-14H,3H2,1-2H3. The van der Waals surface area contributed by atoms with Crippen molar-refractivity contribution < 1.29 is 19.7 Å². The number of rotatable bonds is 3. The zero-order valence-corrected chi connectivity index (χ0v) is 10.6. The first kappa shape index (κ1) is 12.8. The van der Waals surface area contributed by atoms with Gasteiger partial charge in [-0.1, -0.05) is 15.9 Å². The number of ether oxygens (including phenoxy) is 1. The van der Waals surface area contributed by atoms with Crippen molar-refractivity contribution in [3.8, 4) is 11.5 Å². The SMILES string of the molecule is CCOC(=O)C(C)c1cc(O)c(O)cc1Br. The van der Waals surface area contributed by atoms with Crippen LogP contribution in [0.4, 0.5) is 0 Å². The van der Waals surface area contributed by atoms with Gasteiger partial charge in [-0.2, -0.15) is 0 Å². The zero-order valence-electron chi connectivity index (χ0n) is 9.03. The van der Waals surface area contributed by atoms with Gasteiger partial charge in [0.15, 0.2) is 11.5 Å². The molecule has 0 aromatic heterocycles. The number of hydrogen-bond donors (Lipinski definition) is 2. The Labute approximate surface area is 102 Å². The van der Waals surface area contributed by atoms with Gasteiger partial charge in [-0.25, -0.2) is 0 Å². The van der Waals surface area contributed by atoms with E-state index >= 15 is 0 Å². The van der Waals surface area contributed by atoms with E-state index in [9.17, 15) is 15.0 Å². The van der Waals surface area contributed by atoms with Gasteiger partial charge in [-0.15, -0.1) is 0 Å². The third kappa shape index (κ3) is 2.66. The molecule has 5 heteroatoms. The Morgan fingerprint density at radius 3 is 2.56 bits per heavy atom. The fourth-order valence-corrected chi connectivity index (χ4v) is 1.97. The van der Waals surface area contributed by atoms with Crippen LogP contribution in [0.1, 0.15) is 25.3 Å². The molecule has 0 bridgehead atoms. The maximum absolute atomic E-state index is 11.5. The first-order valence-corrected chi connectivity index (χ1v) is 5.64. The van der Waals surface area contributed by atoms with Gasteiger partial charge in [0.05, 0.1) is 12.5 Å². The van der Waals surface area contributed by atoms with Crippen LogP contribution in [-0.4, -0.2) is 22.8 Å². The predicted octanol–water partition coefficient (Wildman–Crippen LogP) is 2.53. The highest BCUT2D eigenvalue weighted by molar-refractivity contribution is 9.10. The highest BCUT2D eigenvalue weighted by Crippen LogP contribution is 2.35. The molecule has 16 heavy (non-hydrogen) atoms. The molecule has 0 spiro atoms. The normalized spacial score (nSPS) is 12.2. The highest BCUT2D eigenvalue weighted by Gasteiger charge is 2.20. The summed E-state index contributed by atoms with van der Waals surface area (Å²) >= 11 is 3.22. The van der Waals surface area contributed by atoms with Gasteiger partial charge >= 0.3 is 5.97 Å². The number of halogens is 1. The van der Waals surface area contributed by atoms with Crippen LogP contribution < -0.4 is 0 Å². The summed E-state index contributed by atoms with van der Waals surface area (Å²) < 4.78 is 5.44. The number of phenolic OH excluding ortho intramolecular Hbond substituents is 2. The second-order valence-corrected chi connectivity index (χ2v) is 4.19. The number of carbonyl (C=O) groups is 1. The third-order valence-electron chi connectivity index (χ3n) is 2.20. The predicted molar refractivity (Wildman–Crippen MR) is 62.5 cm³/mol. The molecule has 4 nitrogen and oxygen atoms in total. The summed E-state index contributed by atoms with van der Waals surface area (Å²) in [7, 11) is 0. The molecular weight excluding hydrogens is 276 g/mol. The minimum Gasteiger partial charge on any atom is -0.504 e. The molecule has 0 fully saturated rings. The van der Waals surface area contributed by atoms with Gasteiger partial charge in [-0.3, -0.25) is 4.79 Å². The largest absolute Gasteiger partial charge is 0.504 e. The Morgan fingerprint density at radius 2 is 2.00 bits per heavy atom. The van der Waals surface area contributed by atoms with E-state index in [4.69, 9.17) is 4.74 Å². The van der Waals surface area contributed by atoms with Gasteiger partial charge < -0.3 is 14.9 Å². The minimum atomic E-state index is -0.499. The summed E-state index contributed by atoms with van der Waals surface area (Å²) in [6, 6.07) is 2.70. The zero-order chi connectivity index (χ0) is 12.3. The second-order valence-electron chi connectivity index (χ2n) is 3.34. The summed E-state index contributed by atoms with van der Waals surface area (Å²) in [6.45, 7) is 3.72. The van der Waals surface area contributed by atoms with Crippen molar-refractivity contribution in [2.75, 3.05) is 6.61 Å². The van der Waals surface area contributed by atoms with Gasteiger partial charge in [0.2, 0.25) is 0 Å². The van der Waals surface area contributed by atoms with E-state index in [-0.39, 0.29) is 17.5 Å². The Hall–Kier alpha value is -1.23. The topological polar surface area (TPSA) is 66.8 Å². The molecular formula is C11H13BrO4. The fraction of sp³-hybridized carbons (Fsp3) is 0.364. The molecule has 1 aromatic rings. The van der Waals surface area contributed by atoms with Gasteiger partial charge in [0, 0.05) is 4.47 Å². The van der Waals surface area contributed by atoms with Crippen molar-refractivity contribution in [3.63, 3.8) is 0 Å². The summed E-state index contributed by atoms with van der Waals surface area (Å²) in [5.74, 6) is -1.35. The first-order chi connectivity index (χ1) is 7.47. The number of carbonyl (C=O) groups excluding carboxylic acids is 1. The van der Waals surface area contributed by atoms with E-state index in [0.29, 0.717) is 16.6 Å². The van der Waals surface area contributed by atoms with Crippen LogP contribution >= 0.6 is 15.9 Å². The molecule has 1 rings (SSSR count). The molecule has 0 saturated carbocycles. The first-order valence-electron chi connectivity index (χ1n) is 4.85. The van der Waals surface area contributed by atoms with E-state index in [1.165, 1.54) is 12.1 Å². The molecule has 1 aromatic carbocycles. The molecule has 0 radical (unpaired) electrons. The quantitative estimate of drug-likeness (QED) is 0.663. The second kappa shape index (κ2) is 5.21. The van der Waals surface area contributed by atoms with E-state index in [1.54, 1.807) is 13.8 Å². The summed E-state index contributed by atoms with van der Waals surface area (Å²) in [5, 5.41) is 18.6. The van der Waals surface area contributed by atoms with Crippen molar-refractivity contribution in [1.82, 2.24) is 0 Å². The van der Waals surface area contributed by atoms with Crippen molar-refractivity contribution in [2.45, 2.75) is 19.8 Å². The maximum atomic E-state index is 11.5. The molecule has 0 aliphatic rings. The molecule has 0 saturated heterocycles. The Morgan fingerprint density at radius 1 is 1.44 bits per heavy atom. The number of esters is 1. The smallest absolute Gasteiger partial charge is 0.313 e. The maximum Gasteiger partial charge on any atom is 0.313 e. The van der Waals surface area contributed by atoms with Crippen molar-refractivity contribution in [1.29, 1.82) is 0 Å². The lowest BCUT2D eigenvalue weighted by Crippen LogP contribution is -2.13. The van der Waals surface area contributed by atoms with Crippen molar-refractivity contribution in [2.24, 2.45) is 0 Å². The average Bonchev–Trinajstić information content (AvgIpc) is 2.23. The van der Waals surface area contributed by atoms with Crippen LogP contribution in [-0.2, 0) is 9.53 Å². The molecule has 0 heterocycles. The lowest BCUT2D eigenvalue weighted by atomic mass is 10.0. The molecule has 0 aliphatic carbocycles. The lowest BCUT2D eigenvalue weighted by Gasteiger charge is -2.13. The number of hydrogen-bond acceptors (Lipinski definition) is 4. The van der Waals surface area contributed by atoms with Gasteiger partial charge in [0.25, 0.3) is 0 Å². The Balaban J connectivity index is 3.04. The molecule has 2 N–H and O–H groups in total. The Bertz CT molecular complexity index is 403. The Kier molecular flexibility index (Phi) is 4.18. The van der Waals surface area contributed by atoms with Crippen LogP contribution in [0.15, 0.2) is 16.6 Å². The van der Waals surface area contributed by atoms with Crippen LogP contribution in [0.3, 0.4) is 0 Å². The summed E-state index contributed by atoms with van der Waals surface area (Å²) in [5.41, 5.74) is 0.578. The van der Waals surface area contributed by atoms with E-state index < -0.39 is 5.92 Å². The van der Waals surface area contributed by atoms with E-state index in [1.807, 2.05) is 0 Å². The number of benzene rings is 1. The molecule has 88 valence electrons. The third-order valence-corrected chi connectivity index (χ3v) is 2.89. The minimum absolute atomic E-state index is 0.230. The van der Waals surface area contributed by atoms with Crippen molar-refractivity contribution >= 4 is 21.9 Å². The van der Waals surface area contributed by atoms with E-state index in [0.717, 1.165) is 0 Å². The fourth-order valence-electron chi connectivity index (χ4n) is 1.29. The van der Waals surface area contributed by atoms with Crippen LogP contribution in [0, 0.1) is 0 Å². The van der Waals surface area contributed by atoms with Crippen LogP contribution in [0.5, 0.6) is 11.5 Å². The molecule has 0 amide bonds.